The highest BCUT2D eigenvalue weighted by Gasteiger charge is 2.06. The van der Waals surface area contributed by atoms with Gasteiger partial charge in [-0.2, -0.15) is 0 Å². The minimum Gasteiger partial charge on any atom is -0.468 e. The van der Waals surface area contributed by atoms with Crippen LogP contribution in [-0.4, -0.2) is 0 Å². The maximum atomic E-state index is 5.61. The lowest BCUT2D eigenvalue weighted by molar-refractivity contribution is 0.527. The average molecular weight is 233 g/mol. The van der Waals surface area contributed by atoms with E-state index >= 15 is 0 Å². The first-order chi connectivity index (χ1) is 7.70. The van der Waals surface area contributed by atoms with Gasteiger partial charge in [0.25, 0.3) is 0 Å². The van der Waals surface area contributed by atoms with Crippen LogP contribution >= 0.6 is 11.8 Å². The van der Waals surface area contributed by atoms with Crippen molar-refractivity contribution < 1.29 is 4.42 Å². The summed E-state index contributed by atoms with van der Waals surface area (Å²) in [6.07, 6.45) is 1.72. The molecule has 3 heteroatoms. The smallest absolute Gasteiger partial charge is 0.114 e. The third-order valence-corrected chi connectivity index (χ3v) is 3.83. The first kappa shape index (κ1) is 11.3. The second-order valence-corrected chi connectivity index (χ2v) is 4.83. The monoisotopic (exact) mass is 233 g/mol. The zero-order valence-electron chi connectivity index (χ0n) is 9.49. The molecule has 0 aliphatic heterocycles. The fraction of sp³-hybridized carbons (Fsp3) is 0.231. The summed E-state index contributed by atoms with van der Waals surface area (Å²) in [7, 11) is 0. The summed E-state index contributed by atoms with van der Waals surface area (Å²) in [6.45, 7) is 4.68. The summed E-state index contributed by atoms with van der Waals surface area (Å²) in [4.78, 5) is 2.42. The Labute approximate surface area is 99.8 Å². The predicted molar refractivity (Wildman–Crippen MR) is 66.6 cm³/mol. The van der Waals surface area contributed by atoms with E-state index in [4.69, 9.17) is 10.2 Å². The topological polar surface area (TPSA) is 39.2 Å². The van der Waals surface area contributed by atoms with Crippen LogP contribution in [0.15, 0.2) is 44.7 Å². The van der Waals surface area contributed by atoms with Crippen LogP contribution in [0.3, 0.4) is 0 Å². The Bertz CT molecular complexity index is 490. The molecule has 16 heavy (non-hydrogen) atoms. The van der Waals surface area contributed by atoms with Crippen LogP contribution in [0, 0.1) is 13.8 Å². The molecule has 0 aliphatic carbocycles. The molecular formula is C13H15NOS. The van der Waals surface area contributed by atoms with Gasteiger partial charge in [0.2, 0.25) is 0 Å². The molecular weight excluding hydrogens is 218 g/mol. The number of rotatable bonds is 3. The maximum absolute atomic E-state index is 5.61. The van der Waals surface area contributed by atoms with Gasteiger partial charge in [-0.25, -0.2) is 0 Å². The van der Waals surface area contributed by atoms with E-state index in [0.29, 0.717) is 6.54 Å². The van der Waals surface area contributed by atoms with Gasteiger partial charge in [-0.3, -0.25) is 0 Å². The molecule has 0 spiro atoms. The fourth-order valence-electron chi connectivity index (χ4n) is 1.55. The van der Waals surface area contributed by atoms with Crippen LogP contribution < -0.4 is 5.73 Å². The van der Waals surface area contributed by atoms with E-state index < -0.39 is 0 Å². The van der Waals surface area contributed by atoms with Gasteiger partial charge in [-0.05, 0) is 37.1 Å². The van der Waals surface area contributed by atoms with Crippen LogP contribution in [-0.2, 0) is 6.54 Å². The van der Waals surface area contributed by atoms with Crippen LogP contribution in [0.4, 0.5) is 0 Å². The minimum absolute atomic E-state index is 0.594. The SMILES string of the molecule is Cc1cc(CN)ccc1Sc1ccoc1C. The molecule has 0 bridgehead atoms. The number of hydrogen-bond donors (Lipinski definition) is 1. The highest BCUT2D eigenvalue weighted by molar-refractivity contribution is 7.99. The summed E-state index contributed by atoms with van der Waals surface area (Å²) in [5, 5.41) is 0. The summed E-state index contributed by atoms with van der Waals surface area (Å²) in [6, 6.07) is 8.33. The normalized spacial score (nSPS) is 10.7. The zero-order chi connectivity index (χ0) is 11.5. The second kappa shape index (κ2) is 4.76. The Kier molecular flexibility index (Phi) is 3.36. The van der Waals surface area contributed by atoms with E-state index in [9.17, 15) is 0 Å². The van der Waals surface area contributed by atoms with Gasteiger partial charge in [0.15, 0.2) is 0 Å². The first-order valence-electron chi connectivity index (χ1n) is 5.22. The molecule has 0 atom stereocenters. The average Bonchev–Trinajstić information content (AvgIpc) is 2.67. The number of hydrogen-bond acceptors (Lipinski definition) is 3. The van der Waals surface area contributed by atoms with Gasteiger partial charge >= 0.3 is 0 Å². The third-order valence-electron chi connectivity index (χ3n) is 2.51. The van der Waals surface area contributed by atoms with E-state index in [1.165, 1.54) is 20.9 Å². The lowest BCUT2D eigenvalue weighted by Gasteiger charge is -2.06. The molecule has 2 aromatic rings. The molecule has 0 amide bonds. The molecule has 0 unspecified atom stereocenters. The Morgan fingerprint density at radius 3 is 2.56 bits per heavy atom. The van der Waals surface area contributed by atoms with E-state index in [1.54, 1.807) is 18.0 Å². The Morgan fingerprint density at radius 1 is 1.19 bits per heavy atom. The van der Waals surface area contributed by atoms with Crippen molar-refractivity contribution in [3.05, 3.63) is 47.4 Å². The van der Waals surface area contributed by atoms with Gasteiger partial charge in [-0.1, -0.05) is 23.9 Å². The van der Waals surface area contributed by atoms with Crippen molar-refractivity contribution in [1.82, 2.24) is 0 Å². The lowest BCUT2D eigenvalue weighted by atomic mass is 10.1. The maximum Gasteiger partial charge on any atom is 0.114 e. The number of benzene rings is 1. The highest BCUT2D eigenvalue weighted by atomic mass is 32.2. The van der Waals surface area contributed by atoms with E-state index in [-0.39, 0.29) is 0 Å². The molecule has 1 heterocycles. The van der Waals surface area contributed by atoms with E-state index in [2.05, 4.69) is 25.1 Å². The summed E-state index contributed by atoms with van der Waals surface area (Å²) >= 11 is 1.73. The summed E-state index contributed by atoms with van der Waals surface area (Å²) < 4.78 is 5.28. The van der Waals surface area contributed by atoms with Gasteiger partial charge in [0.05, 0.1) is 11.2 Å². The molecule has 0 fully saturated rings. The molecule has 2 rings (SSSR count). The van der Waals surface area contributed by atoms with Gasteiger partial charge in [-0.15, -0.1) is 0 Å². The van der Waals surface area contributed by atoms with Crippen molar-refractivity contribution in [2.75, 3.05) is 0 Å². The second-order valence-electron chi connectivity index (χ2n) is 3.75. The van der Waals surface area contributed by atoms with Gasteiger partial charge in [0, 0.05) is 11.4 Å². The number of furan rings is 1. The van der Waals surface area contributed by atoms with Gasteiger partial charge < -0.3 is 10.2 Å². The van der Waals surface area contributed by atoms with Crippen LogP contribution in [0.1, 0.15) is 16.9 Å². The van der Waals surface area contributed by atoms with Crippen molar-refractivity contribution in [2.24, 2.45) is 5.73 Å². The fourth-order valence-corrected chi connectivity index (χ4v) is 2.46. The van der Waals surface area contributed by atoms with Crippen molar-refractivity contribution in [2.45, 2.75) is 30.2 Å². The van der Waals surface area contributed by atoms with E-state index in [1.807, 2.05) is 13.0 Å². The van der Waals surface area contributed by atoms with E-state index in [0.717, 1.165) is 5.76 Å². The molecule has 0 saturated heterocycles. The Morgan fingerprint density at radius 2 is 2.00 bits per heavy atom. The molecule has 1 aromatic heterocycles. The molecule has 2 nitrogen and oxygen atoms in total. The zero-order valence-corrected chi connectivity index (χ0v) is 10.3. The van der Waals surface area contributed by atoms with Crippen molar-refractivity contribution in [3.63, 3.8) is 0 Å². The summed E-state index contributed by atoms with van der Waals surface area (Å²) in [5.74, 6) is 0.965. The molecule has 0 aliphatic rings. The van der Waals surface area contributed by atoms with Crippen LogP contribution in [0.2, 0.25) is 0 Å². The first-order valence-corrected chi connectivity index (χ1v) is 6.04. The largest absolute Gasteiger partial charge is 0.468 e. The Hall–Kier alpha value is -1.19. The minimum atomic E-state index is 0.594. The van der Waals surface area contributed by atoms with Gasteiger partial charge in [0.1, 0.15) is 5.76 Å². The number of aryl methyl sites for hydroxylation is 2. The molecule has 0 radical (unpaired) electrons. The molecule has 1 aromatic carbocycles. The van der Waals surface area contributed by atoms with Crippen LogP contribution in [0.5, 0.6) is 0 Å². The van der Waals surface area contributed by atoms with Crippen molar-refractivity contribution >= 4 is 11.8 Å². The molecule has 0 saturated carbocycles. The predicted octanol–water partition coefficient (Wildman–Crippen LogP) is 3.51. The molecule has 84 valence electrons. The number of nitrogens with two attached hydrogens (primary N) is 1. The van der Waals surface area contributed by atoms with Crippen molar-refractivity contribution in [1.29, 1.82) is 0 Å². The van der Waals surface area contributed by atoms with Crippen molar-refractivity contribution in [3.8, 4) is 0 Å². The standard InChI is InChI=1S/C13H15NOS/c1-9-7-11(8-14)3-4-12(9)16-13-5-6-15-10(13)2/h3-7H,8,14H2,1-2H3. The highest BCUT2D eigenvalue weighted by Crippen LogP contribution is 2.33. The summed E-state index contributed by atoms with van der Waals surface area (Å²) in [5.41, 5.74) is 8.04. The quantitative estimate of drug-likeness (QED) is 0.881. The Balaban J connectivity index is 2.25. The third kappa shape index (κ3) is 2.31. The molecule has 2 N–H and O–H groups in total. The van der Waals surface area contributed by atoms with Crippen LogP contribution in [0.25, 0.3) is 0 Å². The lowest BCUT2D eigenvalue weighted by Crippen LogP contribution is -1.96.